The molecule has 7 nitrogen and oxygen atoms in total. The van der Waals surface area contributed by atoms with Crippen LogP contribution in [-0.4, -0.2) is 38.8 Å². The van der Waals surface area contributed by atoms with Crippen molar-refractivity contribution in [1.82, 2.24) is 10.7 Å². The molecule has 0 bridgehead atoms. The largest absolute Gasteiger partial charge is 0.493 e. The van der Waals surface area contributed by atoms with E-state index in [-0.39, 0.29) is 6.54 Å². The number of halogens is 2. The number of hydrazone groups is 1. The summed E-state index contributed by atoms with van der Waals surface area (Å²) in [4.78, 5) is 23.9. The maximum atomic E-state index is 12.1. The van der Waals surface area contributed by atoms with E-state index in [0.29, 0.717) is 32.7 Å². The van der Waals surface area contributed by atoms with Gasteiger partial charge in [0.25, 0.3) is 11.8 Å². The van der Waals surface area contributed by atoms with E-state index in [1.807, 2.05) is 0 Å². The highest BCUT2D eigenvalue weighted by Crippen LogP contribution is 2.27. The Morgan fingerprint density at radius 3 is 2.56 bits per heavy atom. The second-order valence-corrected chi connectivity index (χ2v) is 5.97. The summed E-state index contributed by atoms with van der Waals surface area (Å²) in [5.74, 6) is -0.0235. The second-order valence-electron chi connectivity index (χ2n) is 5.19. The maximum Gasteiger partial charge on any atom is 0.259 e. The van der Waals surface area contributed by atoms with E-state index in [9.17, 15) is 9.59 Å². The first-order chi connectivity index (χ1) is 13.0. The van der Waals surface area contributed by atoms with Gasteiger partial charge in [-0.2, -0.15) is 5.10 Å². The molecule has 0 radical (unpaired) electrons. The Morgan fingerprint density at radius 1 is 1.11 bits per heavy atom. The fourth-order valence-corrected chi connectivity index (χ4v) is 2.43. The zero-order chi connectivity index (χ0) is 19.8. The molecule has 0 heterocycles. The van der Waals surface area contributed by atoms with Crippen LogP contribution in [0, 0.1) is 0 Å². The molecule has 2 aromatic carbocycles. The van der Waals surface area contributed by atoms with Crippen molar-refractivity contribution < 1.29 is 19.1 Å². The van der Waals surface area contributed by atoms with Crippen LogP contribution in [0.1, 0.15) is 15.9 Å². The molecule has 0 spiro atoms. The number of rotatable bonds is 7. The van der Waals surface area contributed by atoms with Crippen LogP contribution in [0.2, 0.25) is 10.0 Å². The van der Waals surface area contributed by atoms with Gasteiger partial charge >= 0.3 is 0 Å². The molecule has 0 saturated carbocycles. The number of amides is 2. The van der Waals surface area contributed by atoms with Crippen LogP contribution in [-0.2, 0) is 4.79 Å². The van der Waals surface area contributed by atoms with Crippen LogP contribution in [0.15, 0.2) is 41.5 Å². The molecule has 0 aliphatic heterocycles. The third-order valence-corrected chi connectivity index (χ3v) is 4.26. The van der Waals surface area contributed by atoms with Crippen molar-refractivity contribution in [2.75, 3.05) is 20.8 Å². The Hall–Kier alpha value is -2.77. The number of methoxy groups -OCH3 is 2. The van der Waals surface area contributed by atoms with Crippen LogP contribution in [0.4, 0.5) is 0 Å². The quantitative estimate of drug-likeness (QED) is 0.543. The van der Waals surface area contributed by atoms with E-state index in [1.54, 1.807) is 30.3 Å². The fourth-order valence-electron chi connectivity index (χ4n) is 2.07. The Kier molecular flexibility index (Phi) is 7.45. The van der Waals surface area contributed by atoms with Gasteiger partial charge in [0.2, 0.25) is 0 Å². The lowest BCUT2D eigenvalue weighted by Crippen LogP contribution is -2.34. The van der Waals surface area contributed by atoms with E-state index >= 15 is 0 Å². The van der Waals surface area contributed by atoms with Gasteiger partial charge in [-0.15, -0.1) is 0 Å². The van der Waals surface area contributed by atoms with Gasteiger partial charge in [0.05, 0.1) is 37.0 Å². The van der Waals surface area contributed by atoms with Crippen molar-refractivity contribution in [2.45, 2.75) is 0 Å². The highest BCUT2D eigenvalue weighted by Gasteiger charge is 2.11. The molecule has 2 amide bonds. The SMILES string of the molecule is COc1ccc(C(=O)NCC(=O)NN=Cc2cccc(Cl)c2Cl)cc1OC. The van der Waals surface area contributed by atoms with E-state index < -0.39 is 11.8 Å². The minimum absolute atomic E-state index is 0.256. The summed E-state index contributed by atoms with van der Waals surface area (Å²) in [7, 11) is 2.97. The van der Waals surface area contributed by atoms with Crippen LogP contribution in [0.5, 0.6) is 11.5 Å². The Labute approximate surface area is 166 Å². The molecule has 0 fully saturated rings. The highest BCUT2D eigenvalue weighted by molar-refractivity contribution is 6.43. The molecule has 9 heteroatoms. The molecule has 2 aromatic rings. The molecule has 0 aliphatic carbocycles. The molecule has 27 heavy (non-hydrogen) atoms. The van der Waals surface area contributed by atoms with Crippen LogP contribution < -0.4 is 20.2 Å². The number of nitrogens with one attached hydrogen (secondary N) is 2. The summed E-state index contributed by atoms with van der Waals surface area (Å²) in [6.45, 7) is -0.256. The summed E-state index contributed by atoms with van der Waals surface area (Å²) >= 11 is 11.9. The lowest BCUT2D eigenvalue weighted by atomic mass is 10.2. The molecular formula is C18H17Cl2N3O4. The first kappa shape index (κ1) is 20.5. The maximum absolute atomic E-state index is 12.1. The smallest absolute Gasteiger partial charge is 0.259 e. The number of carbonyl (C=O) groups is 2. The molecule has 0 saturated heterocycles. The summed E-state index contributed by atoms with van der Waals surface area (Å²) in [6, 6.07) is 9.74. The zero-order valence-corrected chi connectivity index (χ0v) is 16.1. The Morgan fingerprint density at radius 2 is 1.85 bits per heavy atom. The summed E-state index contributed by atoms with van der Waals surface area (Å²) in [5.41, 5.74) is 3.18. The number of hydrogen-bond donors (Lipinski definition) is 2. The summed E-state index contributed by atoms with van der Waals surface area (Å²) in [6.07, 6.45) is 1.36. The van der Waals surface area contributed by atoms with Gasteiger partial charge < -0.3 is 14.8 Å². The number of benzene rings is 2. The van der Waals surface area contributed by atoms with E-state index in [1.165, 1.54) is 26.5 Å². The number of ether oxygens (including phenoxy) is 2. The van der Waals surface area contributed by atoms with Crippen molar-refractivity contribution in [2.24, 2.45) is 5.10 Å². The number of hydrogen-bond acceptors (Lipinski definition) is 5. The minimum Gasteiger partial charge on any atom is -0.493 e. The Bertz CT molecular complexity index is 872. The second kappa shape index (κ2) is 9.80. The molecular weight excluding hydrogens is 393 g/mol. The van der Waals surface area contributed by atoms with Crippen molar-refractivity contribution in [1.29, 1.82) is 0 Å². The monoisotopic (exact) mass is 409 g/mol. The van der Waals surface area contributed by atoms with Gasteiger partial charge in [-0.25, -0.2) is 5.43 Å². The van der Waals surface area contributed by atoms with Gasteiger partial charge in [-0.05, 0) is 24.3 Å². The minimum atomic E-state index is -0.502. The lowest BCUT2D eigenvalue weighted by molar-refractivity contribution is -0.120. The standard InChI is InChI=1S/C18H17Cl2N3O4/c1-26-14-7-6-11(8-15(14)27-2)18(25)21-10-16(24)23-22-9-12-4-3-5-13(19)17(12)20/h3-9H,10H2,1-2H3,(H,21,25)(H,23,24). The molecule has 0 atom stereocenters. The van der Waals surface area contributed by atoms with Gasteiger partial charge in [0, 0.05) is 11.1 Å². The molecule has 2 rings (SSSR count). The fraction of sp³-hybridized carbons (Fsp3) is 0.167. The van der Waals surface area contributed by atoms with Gasteiger partial charge in [-0.3, -0.25) is 9.59 Å². The lowest BCUT2D eigenvalue weighted by Gasteiger charge is -2.09. The van der Waals surface area contributed by atoms with Crippen molar-refractivity contribution in [3.8, 4) is 11.5 Å². The molecule has 0 aliphatic rings. The third-order valence-electron chi connectivity index (χ3n) is 3.43. The van der Waals surface area contributed by atoms with Crippen LogP contribution >= 0.6 is 23.2 Å². The number of carbonyl (C=O) groups excluding carboxylic acids is 2. The molecule has 0 unspecified atom stereocenters. The van der Waals surface area contributed by atoms with Crippen LogP contribution in [0.25, 0.3) is 0 Å². The first-order valence-corrected chi connectivity index (χ1v) is 8.48. The number of nitrogens with zero attached hydrogens (tertiary/aromatic N) is 1. The third kappa shape index (κ3) is 5.60. The van der Waals surface area contributed by atoms with Gasteiger partial charge in [-0.1, -0.05) is 35.3 Å². The molecule has 2 N–H and O–H groups in total. The van der Waals surface area contributed by atoms with Crippen molar-refractivity contribution in [3.63, 3.8) is 0 Å². The molecule has 142 valence electrons. The highest BCUT2D eigenvalue weighted by atomic mass is 35.5. The van der Waals surface area contributed by atoms with Crippen LogP contribution in [0.3, 0.4) is 0 Å². The summed E-state index contributed by atoms with van der Waals surface area (Å²) < 4.78 is 10.3. The molecule has 0 aromatic heterocycles. The average Bonchev–Trinajstić information content (AvgIpc) is 2.68. The van der Waals surface area contributed by atoms with Gasteiger partial charge in [0.15, 0.2) is 11.5 Å². The van der Waals surface area contributed by atoms with Crippen molar-refractivity contribution >= 4 is 41.2 Å². The normalized spacial score (nSPS) is 10.5. The topological polar surface area (TPSA) is 89.0 Å². The predicted molar refractivity (Wildman–Crippen MR) is 104 cm³/mol. The predicted octanol–water partition coefficient (Wildman–Crippen LogP) is 2.89. The Balaban J connectivity index is 1.89. The van der Waals surface area contributed by atoms with E-state index in [0.717, 1.165) is 0 Å². The summed E-state index contributed by atoms with van der Waals surface area (Å²) in [5, 5.41) is 6.99. The first-order valence-electron chi connectivity index (χ1n) is 7.72. The zero-order valence-electron chi connectivity index (χ0n) is 14.6. The average molecular weight is 410 g/mol. The van der Waals surface area contributed by atoms with E-state index in [2.05, 4.69) is 15.8 Å². The van der Waals surface area contributed by atoms with Crippen molar-refractivity contribution in [3.05, 3.63) is 57.6 Å². The van der Waals surface area contributed by atoms with Gasteiger partial charge in [0.1, 0.15) is 0 Å². The van der Waals surface area contributed by atoms with E-state index in [4.69, 9.17) is 32.7 Å².